The first kappa shape index (κ1) is 11.8. The van der Waals surface area contributed by atoms with E-state index in [0.717, 1.165) is 4.88 Å². The Bertz CT molecular complexity index is 546. The number of nitrogens with zero attached hydrogens (tertiary/aromatic N) is 1. The molecule has 1 aromatic heterocycles. The summed E-state index contributed by atoms with van der Waals surface area (Å²) in [5, 5.41) is 2.50. The Morgan fingerprint density at radius 1 is 1.24 bits per heavy atom. The van der Waals surface area contributed by atoms with E-state index < -0.39 is 5.91 Å². The second kappa shape index (κ2) is 5.12. The normalized spacial score (nSPS) is 11.5. The van der Waals surface area contributed by atoms with E-state index in [9.17, 15) is 4.79 Å². The van der Waals surface area contributed by atoms with Gasteiger partial charge in [-0.1, -0.05) is 17.7 Å². The van der Waals surface area contributed by atoms with Crippen molar-refractivity contribution < 1.29 is 4.79 Å². The van der Waals surface area contributed by atoms with Crippen molar-refractivity contribution in [3.8, 4) is 0 Å². The van der Waals surface area contributed by atoms with Crippen molar-refractivity contribution in [1.82, 2.24) is 0 Å². The molecule has 0 radical (unpaired) electrons. The van der Waals surface area contributed by atoms with Crippen LogP contribution in [0.2, 0.25) is 5.02 Å². The molecule has 0 fully saturated rings. The lowest BCUT2D eigenvalue weighted by Gasteiger charge is -2.00. The molecule has 0 spiro atoms. The summed E-state index contributed by atoms with van der Waals surface area (Å²) in [6, 6.07) is 10.6. The zero-order valence-electron chi connectivity index (χ0n) is 8.76. The fourth-order valence-corrected chi connectivity index (χ4v) is 2.13. The first-order valence-corrected chi connectivity index (χ1v) is 6.10. The van der Waals surface area contributed by atoms with E-state index in [1.54, 1.807) is 24.3 Å². The number of primary amides is 1. The van der Waals surface area contributed by atoms with E-state index in [4.69, 9.17) is 17.3 Å². The standard InChI is InChI=1S/C12H9ClN2OS/c13-8-3-5-9(6-4-8)15-11(12(14)16)10-2-1-7-17-10/h1-7H,(H2,14,16). The lowest BCUT2D eigenvalue weighted by molar-refractivity contribution is -0.111. The number of aliphatic imine (C=N–C) groups is 1. The summed E-state index contributed by atoms with van der Waals surface area (Å²) in [7, 11) is 0. The number of benzene rings is 1. The molecule has 0 aliphatic rings. The van der Waals surface area contributed by atoms with Gasteiger partial charge in [0.2, 0.25) is 0 Å². The molecule has 1 heterocycles. The number of amides is 1. The second-order valence-electron chi connectivity index (χ2n) is 3.28. The largest absolute Gasteiger partial charge is 0.364 e. The van der Waals surface area contributed by atoms with Gasteiger partial charge in [0.05, 0.1) is 10.6 Å². The first-order chi connectivity index (χ1) is 8.16. The smallest absolute Gasteiger partial charge is 0.268 e. The molecule has 86 valence electrons. The summed E-state index contributed by atoms with van der Waals surface area (Å²) >= 11 is 7.20. The molecular formula is C12H9ClN2OS. The van der Waals surface area contributed by atoms with Crippen LogP contribution in [0.15, 0.2) is 46.8 Å². The number of carbonyl (C=O) groups excluding carboxylic acids is 1. The van der Waals surface area contributed by atoms with Crippen molar-refractivity contribution in [3.05, 3.63) is 51.7 Å². The molecule has 2 rings (SSSR count). The average Bonchev–Trinajstić information content (AvgIpc) is 2.81. The lowest BCUT2D eigenvalue weighted by Crippen LogP contribution is -2.23. The number of nitrogens with two attached hydrogens (primary N) is 1. The Hall–Kier alpha value is -1.65. The molecule has 0 bridgehead atoms. The van der Waals surface area contributed by atoms with Crippen LogP contribution in [0.25, 0.3) is 0 Å². The first-order valence-electron chi connectivity index (χ1n) is 4.85. The summed E-state index contributed by atoms with van der Waals surface area (Å²) < 4.78 is 0. The number of halogens is 1. The maximum Gasteiger partial charge on any atom is 0.268 e. The van der Waals surface area contributed by atoms with Crippen LogP contribution in [0.3, 0.4) is 0 Å². The molecule has 1 aromatic carbocycles. The van der Waals surface area contributed by atoms with Gasteiger partial charge < -0.3 is 5.73 Å². The van der Waals surface area contributed by atoms with Crippen molar-refractivity contribution in [2.45, 2.75) is 0 Å². The molecule has 0 aliphatic carbocycles. The van der Waals surface area contributed by atoms with E-state index in [1.165, 1.54) is 11.3 Å². The maximum absolute atomic E-state index is 11.3. The number of carbonyl (C=O) groups is 1. The molecule has 1 amide bonds. The van der Waals surface area contributed by atoms with E-state index in [2.05, 4.69) is 4.99 Å². The van der Waals surface area contributed by atoms with Crippen LogP contribution in [0.5, 0.6) is 0 Å². The van der Waals surface area contributed by atoms with Crippen LogP contribution in [0.1, 0.15) is 4.88 Å². The summed E-state index contributed by atoms with van der Waals surface area (Å²) in [4.78, 5) is 16.3. The Labute approximate surface area is 108 Å². The zero-order valence-corrected chi connectivity index (χ0v) is 10.3. The van der Waals surface area contributed by atoms with Gasteiger partial charge >= 0.3 is 0 Å². The summed E-state index contributed by atoms with van der Waals surface area (Å²) in [5.41, 5.74) is 6.23. The predicted octanol–water partition coefficient (Wildman–Crippen LogP) is 3.01. The number of thiophene rings is 1. The average molecular weight is 265 g/mol. The molecule has 17 heavy (non-hydrogen) atoms. The minimum Gasteiger partial charge on any atom is -0.364 e. The summed E-state index contributed by atoms with van der Waals surface area (Å²) in [6.07, 6.45) is 0. The molecule has 3 nitrogen and oxygen atoms in total. The van der Waals surface area contributed by atoms with Crippen LogP contribution in [0, 0.1) is 0 Å². The van der Waals surface area contributed by atoms with Gasteiger partial charge in [0.1, 0.15) is 5.71 Å². The van der Waals surface area contributed by atoms with Gasteiger partial charge in [0.15, 0.2) is 0 Å². The van der Waals surface area contributed by atoms with E-state index in [0.29, 0.717) is 10.7 Å². The maximum atomic E-state index is 11.3. The van der Waals surface area contributed by atoms with Crippen LogP contribution in [-0.4, -0.2) is 11.6 Å². The van der Waals surface area contributed by atoms with Crippen molar-refractivity contribution in [3.63, 3.8) is 0 Å². The van der Waals surface area contributed by atoms with Gasteiger partial charge in [-0.3, -0.25) is 4.79 Å². The van der Waals surface area contributed by atoms with Gasteiger partial charge in [-0.15, -0.1) is 11.3 Å². The molecule has 0 unspecified atom stereocenters. The van der Waals surface area contributed by atoms with Gasteiger partial charge in [-0.2, -0.15) is 0 Å². The van der Waals surface area contributed by atoms with Crippen LogP contribution in [0.4, 0.5) is 5.69 Å². The SMILES string of the molecule is NC(=O)C(=Nc1ccc(Cl)cc1)c1cccs1. The quantitative estimate of drug-likeness (QED) is 0.852. The number of hydrogen-bond acceptors (Lipinski definition) is 3. The molecule has 2 aromatic rings. The minimum atomic E-state index is -0.539. The highest BCUT2D eigenvalue weighted by molar-refractivity contribution is 7.13. The Balaban J connectivity index is 2.40. The molecule has 0 aliphatic heterocycles. The molecule has 0 saturated heterocycles. The highest BCUT2D eigenvalue weighted by Gasteiger charge is 2.11. The Morgan fingerprint density at radius 2 is 1.94 bits per heavy atom. The van der Waals surface area contributed by atoms with Gasteiger partial charge in [-0.25, -0.2) is 4.99 Å². The van der Waals surface area contributed by atoms with Crippen LogP contribution in [-0.2, 0) is 4.79 Å². The van der Waals surface area contributed by atoms with Crippen molar-refractivity contribution in [1.29, 1.82) is 0 Å². The highest BCUT2D eigenvalue weighted by atomic mass is 35.5. The second-order valence-corrected chi connectivity index (χ2v) is 4.66. The third kappa shape index (κ3) is 2.93. The molecule has 0 atom stereocenters. The Morgan fingerprint density at radius 3 is 2.47 bits per heavy atom. The van der Waals surface area contributed by atoms with Gasteiger partial charge in [-0.05, 0) is 35.7 Å². The third-order valence-corrected chi connectivity index (χ3v) is 3.18. The van der Waals surface area contributed by atoms with E-state index in [1.807, 2.05) is 17.5 Å². The molecule has 0 saturated carbocycles. The van der Waals surface area contributed by atoms with Gasteiger partial charge in [0.25, 0.3) is 5.91 Å². The topological polar surface area (TPSA) is 55.5 Å². The summed E-state index contributed by atoms with van der Waals surface area (Å²) in [6.45, 7) is 0. The highest BCUT2D eigenvalue weighted by Crippen LogP contribution is 2.19. The van der Waals surface area contributed by atoms with Crippen molar-refractivity contribution in [2.75, 3.05) is 0 Å². The van der Waals surface area contributed by atoms with Crippen molar-refractivity contribution >= 4 is 40.2 Å². The van der Waals surface area contributed by atoms with Crippen molar-refractivity contribution in [2.24, 2.45) is 10.7 Å². The van der Waals surface area contributed by atoms with Crippen LogP contribution < -0.4 is 5.73 Å². The predicted molar refractivity (Wildman–Crippen MR) is 71.2 cm³/mol. The third-order valence-electron chi connectivity index (χ3n) is 2.06. The van der Waals surface area contributed by atoms with E-state index in [-0.39, 0.29) is 5.71 Å². The monoisotopic (exact) mass is 264 g/mol. The Kier molecular flexibility index (Phi) is 3.56. The minimum absolute atomic E-state index is 0.266. The number of hydrogen-bond donors (Lipinski definition) is 1. The fraction of sp³-hybridized carbons (Fsp3) is 0. The summed E-state index contributed by atoms with van der Waals surface area (Å²) in [5.74, 6) is -0.539. The fourth-order valence-electron chi connectivity index (χ4n) is 1.29. The van der Waals surface area contributed by atoms with E-state index >= 15 is 0 Å². The van der Waals surface area contributed by atoms with Crippen LogP contribution >= 0.6 is 22.9 Å². The molecular weight excluding hydrogens is 256 g/mol. The molecule has 2 N–H and O–H groups in total. The molecule has 5 heteroatoms. The lowest BCUT2D eigenvalue weighted by atomic mass is 10.2. The zero-order chi connectivity index (χ0) is 12.3. The number of rotatable bonds is 3. The van der Waals surface area contributed by atoms with Gasteiger partial charge in [0, 0.05) is 5.02 Å².